The molecule has 138 valence electrons. The summed E-state index contributed by atoms with van der Waals surface area (Å²) in [5, 5.41) is 0. The smallest absolute Gasteiger partial charge is 0.206 e. The fraction of sp³-hybridized carbons (Fsp3) is 0.810. The fourth-order valence-electron chi connectivity index (χ4n) is 4.61. The van der Waals surface area contributed by atoms with Crippen LogP contribution in [0, 0.1) is 23.7 Å². The van der Waals surface area contributed by atoms with E-state index in [2.05, 4.69) is 19.1 Å². The molecule has 0 saturated heterocycles. The summed E-state index contributed by atoms with van der Waals surface area (Å²) in [5.74, 6) is 0.434. The second kappa shape index (κ2) is 10.3. The van der Waals surface area contributed by atoms with Crippen LogP contribution in [0.15, 0.2) is 24.1 Å². The third-order valence-electron chi connectivity index (χ3n) is 6.18. The molecule has 2 aliphatic rings. The molecule has 0 spiro atoms. The molecule has 0 radical (unpaired) electrons. The minimum absolute atomic E-state index is 0.520. The van der Waals surface area contributed by atoms with Crippen LogP contribution in [0.2, 0.25) is 0 Å². The second-order valence-electron chi connectivity index (χ2n) is 7.82. The van der Waals surface area contributed by atoms with Gasteiger partial charge in [-0.3, -0.25) is 0 Å². The quantitative estimate of drug-likeness (QED) is 0.327. The predicted molar refractivity (Wildman–Crippen MR) is 94.5 cm³/mol. The average Bonchev–Trinajstić information content (AvgIpc) is 2.61. The summed E-state index contributed by atoms with van der Waals surface area (Å²) in [6.45, 7) is 2.23. The molecule has 0 aliphatic heterocycles. The van der Waals surface area contributed by atoms with Crippen LogP contribution in [-0.2, 0) is 0 Å². The topological polar surface area (TPSA) is 0 Å². The highest BCUT2D eigenvalue weighted by Gasteiger charge is 2.32. The van der Waals surface area contributed by atoms with Crippen LogP contribution in [0.1, 0.15) is 84.0 Å². The van der Waals surface area contributed by atoms with Gasteiger partial charge in [-0.25, -0.2) is 4.39 Å². The van der Waals surface area contributed by atoms with Crippen molar-refractivity contribution in [3.05, 3.63) is 24.1 Å². The van der Waals surface area contributed by atoms with Gasteiger partial charge in [0.05, 0.1) is 0 Å². The average molecular weight is 342 g/mol. The van der Waals surface area contributed by atoms with E-state index in [1.165, 1.54) is 51.4 Å². The molecule has 0 aromatic heterocycles. The van der Waals surface area contributed by atoms with Crippen molar-refractivity contribution in [3.63, 3.8) is 0 Å². The van der Waals surface area contributed by atoms with Gasteiger partial charge >= 0.3 is 6.08 Å². The zero-order valence-corrected chi connectivity index (χ0v) is 15.1. The lowest BCUT2D eigenvalue weighted by molar-refractivity contribution is 0.154. The molecule has 2 rings (SSSR count). The van der Waals surface area contributed by atoms with Crippen molar-refractivity contribution in [1.29, 1.82) is 0 Å². The van der Waals surface area contributed by atoms with Crippen molar-refractivity contribution in [2.45, 2.75) is 84.0 Å². The Hall–Kier alpha value is -0.730. The Kier molecular flexibility index (Phi) is 8.41. The van der Waals surface area contributed by atoms with Crippen LogP contribution >= 0.6 is 0 Å². The van der Waals surface area contributed by atoms with E-state index in [4.69, 9.17) is 0 Å². The highest BCUT2D eigenvalue weighted by Crippen LogP contribution is 2.43. The first-order valence-electron chi connectivity index (χ1n) is 9.99. The van der Waals surface area contributed by atoms with Crippen LogP contribution < -0.4 is 0 Å². The monoisotopic (exact) mass is 342 g/mol. The van der Waals surface area contributed by atoms with E-state index in [1.54, 1.807) is 0 Å². The Balaban J connectivity index is 1.67. The van der Waals surface area contributed by atoms with E-state index < -0.39 is 17.8 Å². The van der Waals surface area contributed by atoms with E-state index in [1.807, 2.05) is 0 Å². The molecular weight excluding hydrogens is 309 g/mol. The van der Waals surface area contributed by atoms with E-state index in [0.717, 1.165) is 24.7 Å². The van der Waals surface area contributed by atoms with Crippen LogP contribution in [0.3, 0.4) is 0 Å². The highest BCUT2D eigenvalue weighted by atomic mass is 19.3. The first kappa shape index (κ1) is 19.6. The second-order valence-corrected chi connectivity index (χ2v) is 7.82. The fourth-order valence-corrected chi connectivity index (χ4v) is 4.61. The first-order valence-corrected chi connectivity index (χ1v) is 9.99. The number of rotatable bonds is 7. The van der Waals surface area contributed by atoms with Crippen molar-refractivity contribution >= 4 is 0 Å². The molecule has 0 atom stereocenters. The lowest BCUT2D eigenvalue weighted by Gasteiger charge is -2.37. The van der Waals surface area contributed by atoms with Crippen LogP contribution in [0.4, 0.5) is 13.2 Å². The molecule has 0 aromatic rings. The third kappa shape index (κ3) is 5.97. The van der Waals surface area contributed by atoms with Crippen molar-refractivity contribution < 1.29 is 13.2 Å². The standard InChI is InChI=1S/C21H33F3/c1-2-3-4-5-6-7-16-8-10-17(11-9-16)18-12-14-19(15-13-18)20(22)21(23)24/h6-7,16-19H,2-5,8-15H2,1H3/b7-6+. The number of unbranched alkanes of at least 4 members (excludes halogenated alkanes) is 3. The van der Waals surface area contributed by atoms with Crippen molar-refractivity contribution in [2.75, 3.05) is 0 Å². The van der Waals surface area contributed by atoms with Gasteiger partial charge in [0.2, 0.25) is 0 Å². The van der Waals surface area contributed by atoms with Crippen molar-refractivity contribution in [2.24, 2.45) is 23.7 Å². The van der Waals surface area contributed by atoms with Crippen LogP contribution in [0.5, 0.6) is 0 Å². The zero-order valence-electron chi connectivity index (χ0n) is 15.1. The molecule has 0 unspecified atom stereocenters. The Morgan fingerprint density at radius 2 is 1.42 bits per heavy atom. The van der Waals surface area contributed by atoms with Gasteiger partial charge in [0.1, 0.15) is 0 Å². The van der Waals surface area contributed by atoms with E-state index in [-0.39, 0.29) is 0 Å². The van der Waals surface area contributed by atoms with Gasteiger partial charge in [0, 0.05) is 5.92 Å². The molecule has 2 fully saturated rings. The lowest BCUT2D eigenvalue weighted by Crippen LogP contribution is -2.25. The predicted octanol–water partition coefficient (Wildman–Crippen LogP) is 7.81. The largest absolute Gasteiger partial charge is 0.301 e. The van der Waals surface area contributed by atoms with Gasteiger partial charge in [-0.2, -0.15) is 8.78 Å². The maximum absolute atomic E-state index is 13.3. The Bertz CT molecular complexity index is 407. The molecule has 2 aliphatic carbocycles. The highest BCUT2D eigenvalue weighted by molar-refractivity contribution is 5.00. The summed E-state index contributed by atoms with van der Waals surface area (Å²) < 4.78 is 38.1. The Morgan fingerprint density at radius 1 is 0.833 bits per heavy atom. The Morgan fingerprint density at radius 3 is 1.96 bits per heavy atom. The molecule has 0 amide bonds. The van der Waals surface area contributed by atoms with E-state index in [9.17, 15) is 13.2 Å². The number of halogens is 3. The molecule has 2 saturated carbocycles. The maximum Gasteiger partial charge on any atom is 0.301 e. The summed E-state index contributed by atoms with van der Waals surface area (Å²) in [5.41, 5.74) is 0. The SMILES string of the molecule is CCCCC/C=C/C1CCC(C2CCC(C(F)=C(F)F)CC2)CC1. The Labute approximate surface area is 145 Å². The van der Waals surface area contributed by atoms with Gasteiger partial charge in [-0.1, -0.05) is 31.9 Å². The molecular formula is C21H33F3. The van der Waals surface area contributed by atoms with E-state index >= 15 is 0 Å². The van der Waals surface area contributed by atoms with Crippen LogP contribution in [-0.4, -0.2) is 0 Å². The molecule has 0 bridgehead atoms. The summed E-state index contributed by atoms with van der Waals surface area (Å²) in [6.07, 6.45) is 15.9. The van der Waals surface area contributed by atoms with Gasteiger partial charge in [-0.15, -0.1) is 0 Å². The van der Waals surface area contributed by atoms with Gasteiger partial charge in [0.25, 0.3) is 0 Å². The van der Waals surface area contributed by atoms with Crippen molar-refractivity contribution in [1.82, 2.24) is 0 Å². The molecule has 24 heavy (non-hydrogen) atoms. The maximum atomic E-state index is 13.3. The number of hydrogen-bond acceptors (Lipinski definition) is 0. The molecule has 0 aromatic carbocycles. The van der Waals surface area contributed by atoms with E-state index in [0.29, 0.717) is 18.8 Å². The first-order chi connectivity index (χ1) is 11.6. The van der Waals surface area contributed by atoms with Crippen LogP contribution in [0.25, 0.3) is 0 Å². The van der Waals surface area contributed by atoms with Gasteiger partial charge in [-0.05, 0) is 82.0 Å². The molecule has 3 heteroatoms. The number of allylic oxidation sites excluding steroid dienone is 3. The zero-order chi connectivity index (χ0) is 17.4. The molecule has 0 N–H and O–H groups in total. The summed E-state index contributed by atoms with van der Waals surface area (Å²) in [6, 6.07) is 0. The van der Waals surface area contributed by atoms with Gasteiger partial charge in [0.15, 0.2) is 5.83 Å². The minimum Gasteiger partial charge on any atom is -0.206 e. The molecule has 0 heterocycles. The minimum atomic E-state index is -2.11. The number of hydrogen-bond donors (Lipinski definition) is 0. The lowest BCUT2D eigenvalue weighted by atomic mass is 9.69. The third-order valence-corrected chi connectivity index (χ3v) is 6.18. The van der Waals surface area contributed by atoms with Crippen molar-refractivity contribution in [3.8, 4) is 0 Å². The summed E-state index contributed by atoms with van der Waals surface area (Å²) >= 11 is 0. The summed E-state index contributed by atoms with van der Waals surface area (Å²) in [4.78, 5) is 0. The summed E-state index contributed by atoms with van der Waals surface area (Å²) in [7, 11) is 0. The normalized spacial score (nSPS) is 31.3. The molecule has 0 nitrogen and oxygen atoms in total. The van der Waals surface area contributed by atoms with Gasteiger partial charge < -0.3 is 0 Å².